The van der Waals surface area contributed by atoms with Crippen molar-refractivity contribution in [1.82, 2.24) is 24.9 Å². The number of rotatable bonds is 3. The molecule has 0 aliphatic rings. The zero-order valence-corrected chi connectivity index (χ0v) is 22.8. The van der Waals surface area contributed by atoms with Gasteiger partial charge in [-0.15, -0.1) is 0 Å². The molecule has 0 bridgehead atoms. The highest BCUT2D eigenvalue weighted by molar-refractivity contribution is 6.18. The molecule has 5 aromatic carbocycles. The summed E-state index contributed by atoms with van der Waals surface area (Å²) in [6, 6.07) is 35.1. The maximum Gasteiger partial charge on any atom is 0.166 e. The van der Waals surface area contributed by atoms with Gasteiger partial charge < -0.3 is 4.42 Å². The normalized spacial score (nSPS) is 11.7. The van der Waals surface area contributed by atoms with Crippen molar-refractivity contribution >= 4 is 54.3 Å². The van der Waals surface area contributed by atoms with Gasteiger partial charge in [-0.1, -0.05) is 84.9 Å². The Bertz CT molecular complexity index is 2520. The second-order valence-electron chi connectivity index (χ2n) is 10.6. The van der Waals surface area contributed by atoms with E-state index in [0.717, 1.165) is 54.8 Å². The van der Waals surface area contributed by atoms with E-state index >= 15 is 0 Å². The summed E-state index contributed by atoms with van der Waals surface area (Å²) in [6.45, 7) is 0. The largest absolute Gasteiger partial charge is 0.456 e. The first-order valence-electron chi connectivity index (χ1n) is 14.1. The number of hydrogen-bond acceptors (Lipinski definition) is 6. The molecular weight excluding hydrogens is 530 g/mol. The molecule has 200 valence electrons. The molecule has 0 fully saturated rings. The topological polar surface area (TPSA) is 77.6 Å². The quantitative estimate of drug-likeness (QED) is 0.204. The zero-order valence-electron chi connectivity index (χ0n) is 22.8. The monoisotopic (exact) mass is 551 g/mol. The Kier molecular flexibility index (Phi) is 5.10. The third-order valence-electron chi connectivity index (χ3n) is 8.10. The Morgan fingerprint density at radius 1 is 0.419 bits per heavy atom. The van der Waals surface area contributed by atoms with Crippen LogP contribution in [0.5, 0.6) is 0 Å². The molecule has 0 saturated carbocycles. The van der Waals surface area contributed by atoms with Crippen LogP contribution in [0.15, 0.2) is 132 Å². The minimum absolute atomic E-state index is 0.563. The van der Waals surface area contributed by atoms with Crippen molar-refractivity contribution in [3.05, 3.63) is 128 Å². The van der Waals surface area contributed by atoms with Crippen LogP contribution in [-0.4, -0.2) is 24.9 Å². The maximum atomic E-state index is 6.15. The Balaban J connectivity index is 1.28. The van der Waals surface area contributed by atoms with Crippen LogP contribution in [0.3, 0.4) is 0 Å². The van der Waals surface area contributed by atoms with Gasteiger partial charge in [-0.2, -0.15) is 0 Å². The third kappa shape index (κ3) is 3.77. The number of furan rings is 1. The van der Waals surface area contributed by atoms with Crippen LogP contribution in [0.25, 0.3) is 88.4 Å². The second kappa shape index (κ2) is 9.26. The fourth-order valence-electron chi connectivity index (χ4n) is 6.02. The molecule has 0 spiro atoms. The first-order chi connectivity index (χ1) is 21.3. The van der Waals surface area contributed by atoms with Crippen molar-refractivity contribution in [2.75, 3.05) is 0 Å². The summed E-state index contributed by atoms with van der Waals surface area (Å²) in [5.74, 6) is 1.72. The molecule has 4 aromatic heterocycles. The van der Waals surface area contributed by atoms with Crippen LogP contribution >= 0.6 is 0 Å². The molecule has 0 unspecified atom stereocenters. The number of aromatic nitrogens is 5. The zero-order chi connectivity index (χ0) is 28.3. The van der Waals surface area contributed by atoms with E-state index in [0.29, 0.717) is 17.5 Å². The molecule has 0 saturated heterocycles. The Morgan fingerprint density at radius 3 is 2.07 bits per heavy atom. The lowest BCUT2D eigenvalue weighted by atomic mass is 9.96. The molecule has 9 rings (SSSR count). The van der Waals surface area contributed by atoms with Crippen LogP contribution in [-0.2, 0) is 0 Å². The molecule has 0 amide bonds. The van der Waals surface area contributed by atoms with E-state index in [-0.39, 0.29) is 0 Å². The number of pyridine rings is 2. The average Bonchev–Trinajstić information content (AvgIpc) is 3.46. The van der Waals surface area contributed by atoms with Crippen LogP contribution in [0.2, 0.25) is 0 Å². The van der Waals surface area contributed by atoms with Crippen LogP contribution in [0.4, 0.5) is 0 Å². The molecular formula is C37H21N5O. The number of nitrogens with zero attached hydrogens (tertiary/aromatic N) is 5. The summed E-state index contributed by atoms with van der Waals surface area (Å²) in [5.41, 5.74) is 4.16. The third-order valence-corrected chi connectivity index (χ3v) is 8.10. The first-order valence-corrected chi connectivity index (χ1v) is 14.1. The van der Waals surface area contributed by atoms with Crippen LogP contribution in [0, 0.1) is 0 Å². The molecule has 43 heavy (non-hydrogen) atoms. The summed E-state index contributed by atoms with van der Waals surface area (Å²) in [4.78, 5) is 23.9. The van der Waals surface area contributed by atoms with Crippen molar-refractivity contribution in [2.45, 2.75) is 0 Å². The molecule has 9 aromatic rings. The predicted octanol–water partition coefficient (Wildman–Crippen LogP) is 9.02. The summed E-state index contributed by atoms with van der Waals surface area (Å²) in [7, 11) is 0. The van der Waals surface area contributed by atoms with Gasteiger partial charge in [0.2, 0.25) is 0 Å². The molecule has 6 nitrogen and oxygen atoms in total. The van der Waals surface area contributed by atoms with Gasteiger partial charge in [-0.25, -0.2) is 15.0 Å². The first kappa shape index (κ1) is 23.7. The van der Waals surface area contributed by atoms with Crippen molar-refractivity contribution in [2.24, 2.45) is 0 Å². The van der Waals surface area contributed by atoms with Crippen LogP contribution in [0.1, 0.15) is 0 Å². The molecule has 0 aliphatic heterocycles. The minimum atomic E-state index is 0.563. The van der Waals surface area contributed by atoms with Crippen molar-refractivity contribution in [3.63, 3.8) is 0 Å². The van der Waals surface area contributed by atoms with Gasteiger partial charge in [-0.3, -0.25) is 9.97 Å². The maximum absolute atomic E-state index is 6.15. The molecule has 0 atom stereocenters. The molecule has 4 heterocycles. The number of fused-ring (bicyclic) bond motifs is 8. The number of hydrogen-bond donors (Lipinski definition) is 0. The lowest BCUT2D eigenvalue weighted by Crippen LogP contribution is -2.01. The lowest BCUT2D eigenvalue weighted by molar-refractivity contribution is 0.668. The van der Waals surface area contributed by atoms with Gasteiger partial charge in [0.1, 0.15) is 11.2 Å². The van der Waals surface area contributed by atoms with E-state index in [1.165, 1.54) is 16.2 Å². The molecule has 6 heteroatoms. The van der Waals surface area contributed by atoms with Gasteiger partial charge in [0.25, 0.3) is 0 Å². The van der Waals surface area contributed by atoms with E-state index in [1.54, 1.807) is 6.20 Å². The van der Waals surface area contributed by atoms with E-state index in [2.05, 4.69) is 58.5 Å². The van der Waals surface area contributed by atoms with E-state index in [9.17, 15) is 0 Å². The predicted molar refractivity (Wildman–Crippen MR) is 172 cm³/mol. The van der Waals surface area contributed by atoms with Gasteiger partial charge in [0, 0.05) is 57.6 Å². The van der Waals surface area contributed by atoms with Gasteiger partial charge in [-0.05, 0) is 45.1 Å². The average molecular weight is 552 g/mol. The SMILES string of the molecule is c1ccc(-c2nc(-c3ccc4c(c3)oc3ccncc34)nc(-c3cncc4c3ccc3c5ccccc5ccc43)n2)cc1. The minimum Gasteiger partial charge on any atom is -0.456 e. The van der Waals surface area contributed by atoms with E-state index < -0.39 is 0 Å². The second-order valence-corrected chi connectivity index (χ2v) is 10.6. The highest BCUT2D eigenvalue weighted by Gasteiger charge is 2.17. The smallest absolute Gasteiger partial charge is 0.166 e. The van der Waals surface area contributed by atoms with Gasteiger partial charge in [0.15, 0.2) is 17.5 Å². The van der Waals surface area contributed by atoms with Gasteiger partial charge >= 0.3 is 0 Å². The highest BCUT2D eigenvalue weighted by atomic mass is 16.3. The standard InChI is InChI=1S/C37H21N5O/c1-2-7-23(8-3-1)35-40-36(24-11-13-29-31-20-38-17-16-33(31)43-34(29)18-24)42-37(41-35)32-21-39-19-30-27-12-10-22-6-4-5-9-25(22)26(27)14-15-28(30)32/h1-21H. The highest BCUT2D eigenvalue weighted by Crippen LogP contribution is 2.36. The fraction of sp³-hybridized carbons (Fsp3) is 0. The Labute approximate surface area is 245 Å². The van der Waals surface area contributed by atoms with Crippen LogP contribution < -0.4 is 0 Å². The van der Waals surface area contributed by atoms with Gasteiger partial charge in [0.05, 0.1) is 0 Å². The molecule has 0 N–H and O–H groups in total. The summed E-state index contributed by atoms with van der Waals surface area (Å²) in [6.07, 6.45) is 7.34. The van der Waals surface area contributed by atoms with E-state index in [4.69, 9.17) is 19.4 Å². The van der Waals surface area contributed by atoms with Crippen molar-refractivity contribution < 1.29 is 4.42 Å². The molecule has 0 radical (unpaired) electrons. The van der Waals surface area contributed by atoms with E-state index in [1.807, 2.05) is 73.2 Å². The summed E-state index contributed by atoms with van der Waals surface area (Å²) < 4.78 is 6.15. The summed E-state index contributed by atoms with van der Waals surface area (Å²) in [5, 5.41) is 8.85. The Morgan fingerprint density at radius 2 is 1.14 bits per heavy atom. The summed E-state index contributed by atoms with van der Waals surface area (Å²) >= 11 is 0. The fourth-order valence-corrected chi connectivity index (χ4v) is 6.02. The van der Waals surface area contributed by atoms with Crippen molar-refractivity contribution in [1.29, 1.82) is 0 Å². The Hall–Kier alpha value is -6.01. The molecule has 0 aliphatic carbocycles. The lowest BCUT2D eigenvalue weighted by Gasteiger charge is -2.12. The van der Waals surface area contributed by atoms with Crippen molar-refractivity contribution in [3.8, 4) is 34.2 Å². The number of benzene rings is 5.